The summed E-state index contributed by atoms with van der Waals surface area (Å²) in [6.07, 6.45) is 9.37. The van der Waals surface area contributed by atoms with Crippen LogP contribution in [0.4, 0.5) is 0 Å². The quantitative estimate of drug-likeness (QED) is 0.337. The van der Waals surface area contributed by atoms with Gasteiger partial charge in [0, 0.05) is 25.8 Å². The minimum atomic E-state index is -0.761. The van der Waals surface area contributed by atoms with E-state index in [0.717, 1.165) is 43.2 Å². The summed E-state index contributed by atoms with van der Waals surface area (Å²) in [6.45, 7) is 4.72. The predicted octanol–water partition coefficient (Wildman–Crippen LogP) is 4.39. The number of likely N-dealkylation sites (tertiary alicyclic amines) is 1. The SMILES string of the molecule is CC(C)c1cc(C[C@H](O)C=C[C@H]2CCCC(=O)N2CCCCCCC(=O)O)ccc1O. The van der Waals surface area contributed by atoms with Crippen molar-refractivity contribution in [2.45, 2.75) is 89.7 Å². The van der Waals surface area contributed by atoms with Gasteiger partial charge in [-0.1, -0.05) is 51.0 Å². The molecule has 2 rings (SSSR count). The summed E-state index contributed by atoms with van der Waals surface area (Å²) in [4.78, 5) is 24.9. The molecular weight excluding hydrogens is 394 g/mol. The maximum Gasteiger partial charge on any atom is 0.303 e. The van der Waals surface area contributed by atoms with Crippen LogP contribution in [0.25, 0.3) is 0 Å². The van der Waals surface area contributed by atoms with Gasteiger partial charge in [0.05, 0.1) is 12.1 Å². The number of unbranched alkanes of at least 4 members (excludes halogenated alkanes) is 3. The van der Waals surface area contributed by atoms with Gasteiger partial charge >= 0.3 is 5.97 Å². The molecule has 1 aliphatic heterocycles. The Labute approximate surface area is 185 Å². The highest BCUT2D eigenvalue weighted by Crippen LogP contribution is 2.27. The van der Waals surface area contributed by atoms with Gasteiger partial charge in [0.1, 0.15) is 5.75 Å². The van der Waals surface area contributed by atoms with Crippen LogP contribution in [-0.2, 0) is 16.0 Å². The average Bonchev–Trinajstić information content (AvgIpc) is 2.71. The fraction of sp³-hybridized carbons (Fsp3) is 0.600. The zero-order chi connectivity index (χ0) is 22.8. The summed E-state index contributed by atoms with van der Waals surface area (Å²) in [5.74, 6) is -0.120. The van der Waals surface area contributed by atoms with E-state index in [1.165, 1.54) is 0 Å². The predicted molar refractivity (Wildman–Crippen MR) is 121 cm³/mol. The number of amides is 1. The molecule has 0 aromatic heterocycles. The lowest BCUT2D eigenvalue weighted by Gasteiger charge is -2.34. The minimum Gasteiger partial charge on any atom is -0.508 e. The third kappa shape index (κ3) is 8.37. The van der Waals surface area contributed by atoms with Gasteiger partial charge in [0.15, 0.2) is 0 Å². The van der Waals surface area contributed by atoms with E-state index >= 15 is 0 Å². The molecule has 3 N–H and O–H groups in total. The van der Waals surface area contributed by atoms with Crippen molar-refractivity contribution in [1.82, 2.24) is 4.90 Å². The number of carbonyl (C=O) groups excluding carboxylic acids is 1. The first-order chi connectivity index (χ1) is 14.8. The number of piperidine rings is 1. The van der Waals surface area contributed by atoms with Gasteiger partial charge in [-0.2, -0.15) is 0 Å². The standard InChI is InChI=1S/C25H37NO5/c1-18(2)22-17-19(11-14-23(22)28)16-21(27)13-12-20-8-7-9-24(29)26(20)15-6-4-3-5-10-25(30)31/h11-14,17-18,20-21,27-28H,3-10,15-16H2,1-2H3,(H,30,31)/t20-,21-/m1/s1. The molecule has 0 aliphatic carbocycles. The number of aliphatic carboxylic acids is 1. The number of phenolic OH excluding ortho intramolecular Hbond substituents is 1. The Bertz CT molecular complexity index is 758. The van der Waals surface area contributed by atoms with Crippen LogP contribution in [-0.4, -0.2) is 50.8 Å². The second-order valence-electron chi connectivity index (χ2n) is 8.81. The maximum absolute atomic E-state index is 12.4. The van der Waals surface area contributed by atoms with E-state index in [9.17, 15) is 19.8 Å². The van der Waals surface area contributed by atoms with E-state index in [4.69, 9.17) is 5.11 Å². The molecule has 1 aliphatic rings. The first kappa shape index (κ1) is 24.9. The van der Waals surface area contributed by atoms with Gasteiger partial charge in [-0.05, 0) is 48.8 Å². The first-order valence-corrected chi connectivity index (χ1v) is 11.5. The van der Waals surface area contributed by atoms with E-state index in [0.29, 0.717) is 25.8 Å². The number of aliphatic hydroxyl groups excluding tert-OH is 1. The Morgan fingerprint density at radius 1 is 1.23 bits per heavy atom. The number of hydrogen-bond acceptors (Lipinski definition) is 4. The lowest BCUT2D eigenvalue weighted by atomic mass is 9.96. The molecule has 1 saturated heterocycles. The van der Waals surface area contributed by atoms with Gasteiger partial charge in [0.2, 0.25) is 5.91 Å². The normalized spacial score (nSPS) is 18.1. The molecule has 2 atom stereocenters. The van der Waals surface area contributed by atoms with Gasteiger partial charge in [-0.25, -0.2) is 0 Å². The smallest absolute Gasteiger partial charge is 0.303 e. The van der Waals surface area contributed by atoms with E-state index in [1.807, 2.05) is 37.0 Å². The zero-order valence-electron chi connectivity index (χ0n) is 18.8. The van der Waals surface area contributed by atoms with Crippen LogP contribution in [0.5, 0.6) is 5.75 Å². The number of carboxylic acids is 1. The summed E-state index contributed by atoms with van der Waals surface area (Å²) in [6, 6.07) is 5.46. The molecule has 172 valence electrons. The Morgan fingerprint density at radius 3 is 2.68 bits per heavy atom. The van der Waals surface area contributed by atoms with Crippen LogP contribution in [0.15, 0.2) is 30.4 Å². The number of benzene rings is 1. The topological polar surface area (TPSA) is 98.1 Å². The number of aliphatic hydroxyl groups is 1. The number of carboxylic acid groups (broad SMARTS) is 1. The van der Waals surface area contributed by atoms with Crippen LogP contribution in [0, 0.1) is 0 Å². The summed E-state index contributed by atoms with van der Waals surface area (Å²) in [5.41, 5.74) is 1.85. The van der Waals surface area contributed by atoms with Crippen LogP contribution in [0.1, 0.15) is 82.3 Å². The molecule has 1 aromatic rings. The highest BCUT2D eigenvalue weighted by Gasteiger charge is 2.25. The molecule has 31 heavy (non-hydrogen) atoms. The largest absolute Gasteiger partial charge is 0.508 e. The monoisotopic (exact) mass is 431 g/mol. The van der Waals surface area contributed by atoms with Crippen molar-refractivity contribution >= 4 is 11.9 Å². The molecule has 6 nitrogen and oxygen atoms in total. The van der Waals surface area contributed by atoms with Gasteiger partial charge in [0.25, 0.3) is 0 Å². The molecule has 1 fully saturated rings. The van der Waals surface area contributed by atoms with Crippen molar-refractivity contribution in [2.75, 3.05) is 6.54 Å². The molecule has 0 spiro atoms. The third-order valence-corrected chi connectivity index (χ3v) is 5.87. The van der Waals surface area contributed by atoms with Crippen molar-refractivity contribution in [3.63, 3.8) is 0 Å². The fourth-order valence-corrected chi connectivity index (χ4v) is 4.11. The molecule has 6 heteroatoms. The Balaban J connectivity index is 1.88. The minimum absolute atomic E-state index is 0.000891. The summed E-state index contributed by atoms with van der Waals surface area (Å²) in [7, 11) is 0. The van der Waals surface area contributed by atoms with Gasteiger partial charge in [-0.15, -0.1) is 0 Å². The molecule has 1 amide bonds. The van der Waals surface area contributed by atoms with Crippen LogP contribution >= 0.6 is 0 Å². The second kappa shape index (κ2) is 12.5. The van der Waals surface area contributed by atoms with Crippen LogP contribution < -0.4 is 0 Å². The molecular formula is C25H37NO5. The lowest BCUT2D eigenvalue weighted by molar-refractivity contribution is -0.137. The van der Waals surface area contributed by atoms with Crippen molar-refractivity contribution in [1.29, 1.82) is 0 Å². The highest BCUT2D eigenvalue weighted by molar-refractivity contribution is 5.77. The number of nitrogens with zero attached hydrogens (tertiary/aromatic N) is 1. The Morgan fingerprint density at radius 2 is 1.97 bits per heavy atom. The van der Waals surface area contributed by atoms with Crippen molar-refractivity contribution in [3.05, 3.63) is 41.5 Å². The number of phenols is 1. The summed E-state index contributed by atoms with van der Waals surface area (Å²) < 4.78 is 0. The van der Waals surface area contributed by atoms with E-state index < -0.39 is 12.1 Å². The van der Waals surface area contributed by atoms with E-state index in [2.05, 4.69) is 0 Å². The molecule has 0 saturated carbocycles. The Kier molecular flexibility index (Phi) is 10.0. The summed E-state index contributed by atoms with van der Waals surface area (Å²) in [5, 5.41) is 29.2. The highest BCUT2D eigenvalue weighted by atomic mass is 16.4. The lowest BCUT2D eigenvalue weighted by Crippen LogP contribution is -2.43. The molecule has 0 bridgehead atoms. The molecule has 1 aromatic carbocycles. The Hall–Kier alpha value is -2.34. The van der Waals surface area contributed by atoms with E-state index in [1.54, 1.807) is 12.1 Å². The number of hydrogen-bond donors (Lipinski definition) is 3. The van der Waals surface area contributed by atoms with E-state index in [-0.39, 0.29) is 30.0 Å². The number of carbonyl (C=O) groups is 2. The van der Waals surface area contributed by atoms with Gasteiger partial charge < -0.3 is 20.2 Å². The average molecular weight is 432 g/mol. The number of rotatable bonds is 12. The molecule has 1 heterocycles. The maximum atomic E-state index is 12.4. The van der Waals surface area contributed by atoms with Crippen molar-refractivity contribution in [2.24, 2.45) is 0 Å². The zero-order valence-corrected chi connectivity index (χ0v) is 18.8. The summed E-state index contributed by atoms with van der Waals surface area (Å²) >= 11 is 0. The molecule has 0 radical (unpaired) electrons. The van der Waals surface area contributed by atoms with Crippen LogP contribution in [0.3, 0.4) is 0 Å². The van der Waals surface area contributed by atoms with Crippen LogP contribution in [0.2, 0.25) is 0 Å². The third-order valence-electron chi connectivity index (χ3n) is 5.87. The van der Waals surface area contributed by atoms with Gasteiger partial charge in [-0.3, -0.25) is 9.59 Å². The second-order valence-corrected chi connectivity index (χ2v) is 8.81. The van der Waals surface area contributed by atoms with Crippen molar-refractivity contribution < 1.29 is 24.9 Å². The molecule has 0 unspecified atom stereocenters. The number of aromatic hydroxyl groups is 1. The van der Waals surface area contributed by atoms with Crippen molar-refractivity contribution in [3.8, 4) is 5.75 Å². The first-order valence-electron chi connectivity index (χ1n) is 11.5. The fourth-order valence-electron chi connectivity index (χ4n) is 4.11.